The maximum atomic E-state index is 11.2. The van der Waals surface area contributed by atoms with Gasteiger partial charge in [0.15, 0.2) is 0 Å². The quantitative estimate of drug-likeness (QED) is 0.745. The average molecular weight is 229 g/mol. The molecule has 0 spiro atoms. The summed E-state index contributed by atoms with van der Waals surface area (Å²) in [5.41, 5.74) is 0.795. The van der Waals surface area contributed by atoms with Crippen molar-refractivity contribution in [1.82, 2.24) is 0 Å². The molecular weight excluding hydrogens is 218 g/mol. The monoisotopic (exact) mass is 229 g/mol. The molecule has 0 saturated carbocycles. The number of nitrogens with two attached hydrogens (primary N) is 1. The van der Waals surface area contributed by atoms with Crippen LogP contribution in [-0.2, 0) is 14.8 Å². The highest BCUT2D eigenvalue weighted by atomic mass is 32.2. The maximum absolute atomic E-state index is 11.2. The molecule has 82 valence electrons. The fourth-order valence-corrected chi connectivity index (χ4v) is 1.79. The van der Waals surface area contributed by atoms with Crippen molar-refractivity contribution in [2.45, 2.75) is 11.8 Å². The first-order chi connectivity index (χ1) is 6.84. The van der Waals surface area contributed by atoms with Crippen molar-refractivity contribution in [2.75, 3.05) is 7.11 Å². The number of sulfonamides is 1. The third kappa shape index (κ3) is 2.77. The molecule has 15 heavy (non-hydrogen) atoms. The van der Waals surface area contributed by atoms with Crippen LogP contribution in [0.25, 0.3) is 0 Å². The van der Waals surface area contributed by atoms with Gasteiger partial charge in [0.25, 0.3) is 0 Å². The summed E-state index contributed by atoms with van der Waals surface area (Å²) in [4.78, 5) is 11.1. The first kappa shape index (κ1) is 11.7. The highest BCUT2D eigenvalue weighted by Gasteiger charge is 2.13. The molecule has 0 aliphatic heterocycles. The number of carbonyl (C=O) groups is 1. The van der Waals surface area contributed by atoms with Crippen LogP contribution in [0.4, 0.5) is 0 Å². The third-order valence-electron chi connectivity index (χ3n) is 1.80. The van der Waals surface area contributed by atoms with E-state index in [0.717, 1.165) is 0 Å². The van der Waals surface area contributed by atoms with Gasteiger partial charge in [0.1, 0.15) is 0 Å². The molecule has 1 aromatic rings. The van der Waals surface area contributed by atoms with Crippen molar-refractivity contribution in [3.63, 3.8) is 0 Å². The predicted molar refractivity (Wildman–Crippen MR) is 53.9 cm³/mol. The second-order valence-corrected chi connectivity index (χ2v) is 4.63. The number of rotatable bonds is 2. The van der Waals surface area contributed by atoms with Gasteiger partial charge in [-0.2, -0.15) is 0 Å². The Morgan fingerprint density at radius 1 is 1.33 bits per heavy atom. The SMILES string of the molecule is COC(=O)c1cc(C)cc(S(N)(=O)=O)c1. The fraction of sp³-hybridized carbons (Fsp3) is 0.222. The van der Waals surface area contributed by atoms with Gasteiger partial charge in [0.05, 0.1) is 17.6 Å². The van der Waals surface area contributed by atoms with Crippen LogP contribution in [0.2, 0.25) is 0 Å². The molecule has 0 unspecified atom stereocenters. The molecule has 0 atom stereocenters. The Morgan fingerprint density at radius 2 is 1.93 bits per heavy atom. The molecule has 0 amide bonds. The number of esters is 1. The molecule has 1 rings (SSSR count). The smallest absolute Gasteiger partial charge is 0.337 e. The normalized spacial score (nSPS) is 11.1. The number of benzene rings is 1. The molecule has 5 nitrogen and oxygen atoms in total. The second-order valence-electron chi connectivity index (χ2n) is 3.07. The predicted octanol–water partition coefficient (Wildman–Crippen LogP) is 0.429. The number of hydrogen-bond acceptors (Lipinski definition) is 4. The molecular formula is C9H11NO4S. The molecule has 2 N–H and O–H groups in total. The summed E-state index contributed by atoms with van der Waals surface area (Å²) in [6, 6.07) is 4.11. The summed E-state index contributed by atoms with van der Waals surface area (Å²) in [7, 11) is -2.57. The van der Waals surface area contributed by atoms with Crippen molar-refractivity contribution in [2.24, 2.45) is 5.14 Å². The number of primary sulfonamides is 1. The summed E-state index contributed by atoms with van der Waals surface area (Å²) in [5.74, 6) is -0.594. The van der Waals surface area contributed by atoms with Crippen molar-refractivity contribution in [3.8, 4) is 0 Å². The average Bonchev–Trinajstić information content (AvgIpc) is 2.14. The lowest BCUT2D eigenvalue weighted by Crippen LogP contribution is -2.13. The van der Waals surface area contributed by atoms with Crippen LogP contribution < -0.4 is 5.14 Å². The van der Waals surface area contributed by atoms with Crippen molar-refractivity contribution in [1.29, 1.82) is 0 Å². The Hall–Kier alpha value is -1.40. The molecule has 0 radical (unpaired) electrons. The molecule has 0 heterocycles. The largest absolute Gasteiger partial charge is 0.465 e. The van der Waals surface area contributed by atoms with E-state index in [1.807, 2.05) is 0 Å². The lowest BCUT2D eigenvalue weighted by molar-refractivity contribution is 0.0600. The second kappa shape index (κ2) is 4.00. The highest BCUT2D eigenvalue weighted by Crippen LogP contribution is 2.14. The zero-order valence-corrected chi connectivity index (χ0v) is 9.17. The van der Waals surface area contributed by atoms with Gasteiger partial charge in [-0.3, -0.25) is 0 Å². The van der Waals surface area contributed by atoms with Gasteiger partial charge in [-0.05, 0) is 30.7 Å². The Labute approximate surface area is 87.9 Å². The third-order valence-corrected chi connectivity index (χ3v) is 2.69. The topological polar surface area (TPSA) is 86.5 Å². The van der Waals surface area contributed by atoms with Gasteiger partial charge in [-0.25, -0.2) is 18.4 Å². The Morgan fingerprint density at radius 3 is 2.40 bits per heavy atom. The first-order valence-electron chi connectivity index (χ1n) is 4.07. The minimum Gasteiger partial charge on any atom is -0.465 e. The molecule has 0 aliphatic rings. The minimum atomic E-state index is -3.80. The number of hydrogen-bond donors (Lipinski definition) is 1. The van der Waals surface area contributed by atoms with E-state index in [2.05, 4.69) is 4.74 Å². The lowest BCUT2D eigenvalue weighted by atomic mass is 10.1. The van der Waals surface area contributed by atoms with Crippen LogP contribution >= 0.6 is 0 Å². The first-order valence-corrected chi connectivity index (χ1v) is 5.62. The van der Waals surface area contributed by atoms with E-state index in [4.69, 9.17) is 5.14 Å². The van der Waals surface area contributed by atoms with Gasteiger partial charge < -0.3 is 4.74 Å². The maximum Gasteiger partial charge on any atom is 0.337 e. The number of methoxy groups -OCH3 is 1. The van der Waals surface area contributed by atoms with E-state index in [9.17, 15) is 13.2 Å². The van der Waals surface area contributed by atoms with Crippen LogP contribution in [0.3, 0.4) is 0 Å². The summed E-state index contributed by atoms with van der Waals surface area (Å²) in [6.45, 7) is 1.67. The lowest BCUT2D eigenvalue weighted by Gasteiger charge is -2.04. The molecule has 0 aromatic heterocycles. The minimum absolute atomic E-state index is 0.0945. The van der Waals surface area contributed by atoms with Gasteiger partial charge in [0.2, 0.25) is 10.0 Å². The van der Waals surface area contributed by atoms with Crippen LogP contribution in [0.5, 0.6) is 0 Å². The number of aryl methyl sites for hydroxylation is 1. The van der Waals surface area contributed by atoms with Crippen LogP contribution in [0.15, 0.2) is 23.1 Å². The van der Waals surface area contributed by atoms with E-state index in [1.54, 1.807) is 6.92 Å². The van der Waals surface area contributed by atoms with E-state index in [0.29, 0.717) is 5.56 Å². The molecule has 0 bridgehead atoms. The molecule has 6 heteroatoms. The molecule has 1 aromatic carbocycles. The summed E-state index contributed by atoms with van der Waals surface area (Å²) in [6.07, 6.45) is 0. The van der Waals surface area contributed by atoms with E-state index in [-0.39, 0.29) is 10.5 Å². The van der Waals surface area contributed by atoms with Crippen LogP contribution in [0, 0.1) is 6.92 Å². The summed E-state index contributed by atoms with van der Waals surface area (Å²) in [5, 5.41) is 4.96. The van der Waals surface area contributed by atoms with Gasteiger partial charge in [0, 0.05) is 0 Å². The van der Waals surface area contributed by atoms with Crippen molar-refractivity contribution in [3.05, 3.63) is 29.3 Å². The Balaban J connectivity index is 3.35. The summed E-state index contributed by atoms with van der Waals surface area (Å²) >= 11 is 0. The van der Waals surface area contributed by atoms with E-state index >= 15 is 0 Å². The number of ether oxygens (including phenoxy) is 1. The van der Waals surface area contributed by atoms with Gasteiger partial charge in [-0.1, -0.05) is 0 Å². The van der Waals surface area contributed by atoms with Crippen molar-refractivity contribution >= 4 is 16.0 Å². The highest BCUT2D eigenvalue weighted by molar-refractivity contribution is 7.89. The van der Waals surface area contributed by atoms with E-state index in [1.165, 1.54) is 25.3 Å². The van der Waals surface area contributed by atoms with Crippen LogP contribution in [-0.4, -0.2) is 21.5 Å². The Bertz CT molecular complexity index is 493. The Kier molecular flexibility index (Phi) is 3.11. The zero-order chi connectivity index (χ0) is 11.6. The molecule has 0 aliphatic carbocycles. The van der Waals surface area contributed by atoms with E-state index < -0.39 is 16.0 Å². The summed E-state index contributed by atoms with van der Waals surface area (Å²) < 4.78 is 26.6. The van der Waals surface area contributed by atoms with Crippen molar-refractivity contribution < 1.29 is 17.9 Å². The zero-order valence-electron chi connectivity index (χ0n) is 8.35. The molecule has 0 saturated heterocycles. The standard InChI is InChI=1S/C9H11NO4S/c1-6-3-7(9(11)14-2)5-8(4-6)15(10,12)13/h3-5H,1-2H3,(H2,10,12,13). The fourth-order valence-electron chi connectivity index (χ4n) is 1.15. The van der Waals surface area contributed by atoms with Crippen LogP contribution in [0.1, 0.15) is 15.9 Å². The number of carbonyl (C=O) groups excluding carboxylic acids is 1. The van der Waals surface area contributed by atoms with Gasteiger partial charge in [-0.15, -0.1) is 0 Å². The van der Waals surface area contributed by atoms with Gasteiger partial charge >= 0.3 is 5.97 Å². The molecule has 0 fully saturated rings.